The number of hydrogen-bond donors (Lipinski definition) is 1. The van der Waals surface area contributed by atoms with Gasteiger partial charge in [0.25, 0.3) is 0 Å². The molecule has 2 aliphatic carbocycles. The molecule has 9 heteroatoms. The van der Waals surface area contributed by atoms with Crippen molar-refractivity contribution in [2.24, 2.45) is 5.41 Å². The third kappa shape index (κ3) is 2.88. The highest BCUT2D eigenvalue weighted by Gasteiger charge is 2.73. The van der Waals surface area contributed by atoms with Gasteiger partial charge in [0.15, 0.2) is 0 Å². The molecule has 1 fully saturated rings. The lowest BCUT2D eigenvalue weighted by Crippen LogP contribution is -2.48. The molecule has 0 spiro atoms. The standard InChI is InChI=1S/C24H20Cl2F3N3O/c1-21(2)22(3)7-8-23(21,20(33)30-13-6-4-5-12(9-13)24(27,28)29)19-18(22)31-16-10-14(25)15(26)11-17(16)32-19/h4-6,9-11H,7-8H2,1-3H3,(H,30,33). The molecular formula is C24H20Cl2F3N3O. The molecular weight excluding hydrogens is 474 g/mol. The third-order valence-electron chi connectivity index (χ3n) is 7.91. The van der Waals surface area contributed by atoms with Crippen LogP contribution in [0.4, 0.5) is 18.9 Å². The second kappa shape index (κ2) is 6.83. The topological polar surface area (TPSA) is 54.9 Å². The first-order chi connectivity index (χ1) is 15.3. The van der Waals surface area contributed by atoms with E-state index in [1.54, 1.807) is 12.1 Å². The van der Waals surface area contributed by atoms with Gasteiger partial charge in [0, 0.05) is 11.1 Å². The summed E-state index contributed by atoms with van der Waals surface area (Å²) in [5.74, 6) is -0.386. The van der Waals surface area contributed by atoms with Gasteiger partial charge < -0.3 is 5.32 Å². The number of benzene rings is 2. The smallest absolute Gasteiger partial charge is 0.325 e. The Morgan fingerprint density at radius 2 is 1.58 bits per heavy atom. The quantitative estimate of drug-likeness (QED) is 0.421. The van der Waals surface area contributed by atoms with Crippen molar-refractivity contribution in [3.63, 3.8) is 0 Å². The van der Waals surface area contributed by atoms with Crippen LogP contribution in [0.2, 0.25) is 10.0 Å². The lowest BCUT2D eigenvalue weighted by Gasteiger charge is -2.39. The van der Waals surface area contributed by atoms with Crippen LogP contribution in [0, 0.1) is 5.41 Å². The Hall–Kier alpha value is -2.38. The second-order valence-electron chi connectivity index (χ2n) is 9.57. The van der Waals surface area contributed by atoms with Gasteiger partial charge in [0.2, 0.25) is 5.91 Å². The van der Waals surface area contributed by atoms with Crippen LogP contribution in [0.5, 0.6) is 0 Å². The van der Waals surface area contributed by atoms with Crippen LogP contribution in [0.1, 0.15) is 50.6 Å². The monoisotopic (exact) mass is 493 g/mol. The van der Waals surface area contributed by atoms with Gasteiger partial charge in [-0.25, -0.2) is 9.97 Å². The maximum Gasteiger partial charge on any atom is 0.416 e. The van der Waals surface area contributed by atoms with E-state index in [1.165, 1.54) is 12.1 Å². The van der Waals surface area contributed by atoms with E-state index in [2.05, 4.69) is 12.2 Å². The fourth-order valence-electron chi connectivity index (χ4n) is 5.61. The molecule has 1 heterocycles. The minimum absolute atomic E-state index is 0.0885. The summed E-state index contributed by atoms with van der Waals surface area (Å²) in [4.78, 5) is 23.5. The molecule has 0 radical (unpaired) electrons. The molecule has 33 heavy (non-hydrogen) atoms. The van der Waals surface area contributed by atoms with E-state index in [0.717, 1.165) is 17.8 Å². The Kier molecular flexibility index (Phi) is 4.64. The molecule has 0 aliphatic heterocycles. The van der Waals surface area contributed by atoms with Crippen LogP contribution in [0.25, 0.3) is 11.0 Å². The van der Waals surface area contributed by atoms with E-state index in [9.17, 15) is 18.0 Å². The molecule has 2 aliphatic rings. The van der Waals surface area contributed by atoms with Crippen molar-refractivity contribution in [3.8, 4) is 0 Å². The summed E-state index contributed by atoms with van der Waals surface area (Å²) in [6.45, 7) is 6.07. The largest absolute Gasteiger partial charge is 0.416 e. The fraction of sp³-hybridized carbons (Fsp3) is 0.375. The predicted molar refractivity (Wildman–Crippen MR) is 122 cm³/mol. The number of carbonyl (C=O) groups is 1. The summed E-state index contributed by atoms with van der Waals surface area (Å²) in [6.07, 6.45) is -3.30. The SMILES string of the molecule is CC12CCC(C(=O)Nc3cccc(C(F)(F)F)c3)(c3nc4cc(Cl)c(Cl)cc4nc31)C2(C)C. The first kappa shape index (κ1) is 22.4. The first-order valence-corrected chi connectivity index (χ1v) is 11.2. The van der Waals surface area contributed by atoms with Crippen molar-refractivity contribution in [2.45, 2.75) is 50.6 Å². The van der Waals surface area contributed by atoms with Gasteiger partial charge in [-0.05, 0) is 48.6 Å². The fourth-order valence-corrected chi connectivity index (χ4v) is 5.93. The maximum atomic E-state index is 13.8. The lowest BCUT2D eigenvalue weighted by atomic mass is 9.63. The summed E-state index contributed by atoms with van der Waals surface area (Å²) in [5.41, 5.74) is -0.440. The molecule has 2 atom stereocenters. The summed E-state index contributed by atoms with van der Waals surface area (Å²) in [5, 5.41) is 3.44. The van der Waals surface area contributed by atoms with E-state index < -0.39 is 28.0 Å². The summed E-state index contributed by atoms with van der Waals surface area (Å²) < 4.78 is 39.5. The molecule has 2 aromatic carbocycles. The number of fused-ring (bicyclic) bond motifs is 6. The lowest BCUT2D eigenvalue weighted by molar-refractivity contribution is -0.137. The summed E-state index contributed by atoms with van der Waals surface area (Å²) in [6, 6.07) is 7.92. The zero-order valence-corrected chi connectivity index (χ0v) is 19.6. The van der Waals surface area contributed by atoms with Crippen molar-refractivity contribution in [2.75, 3.05) is 5.32 Å². The predicted octanol–water partition coefficient (Wildman–Crippen LogP) is 6.92. The van der Waals surface area contributed by atoms with Crippen LogP contribution in [-0.2, 0) is 21.8 Å². The normalized spacial score (nSPS) is 25.3. The number of anilines is 1. The second-order valence-corrected chi connectivity index (χ2v) is 10.4. The Morgan fingerprint density at radius 1 is 0.970 bits per heavy atom. The first-order valence-electron chi connectivity index (χ1n) is 10.5. The molecule has 2 bridgehead atoms. The van der Waals surface area contributed by atoms with Crippen molar-refractivity contribution >= 4 is 45.8 Å². The molecule has 172 valence electrons. The van der Waals surface area contributed by atoms with Crippen LogP contribution in [0.3, 0.4) is 0 Å². The molecule has 2 unspecified atom stereocenters. The van der Waals surface area contributed by atoms with Gasteiger partial charge in [-0.3, -0.25) is 4.79 Å². The Balaban J connectivity index is 1.66. The van der Waals surface area contributed by atoms with Crippen LogP contribution in [-0.4, -0.2) is 15.9 Å². The van der Waals surface area contributed by atoms with E-state index in [-0.39, 0.29) is 11.6 Å². The third-order valence-corrected chi connectivity index (χ3v) is 8.64. The molecule has 1 saturated carbocycles. The number of rotatable bonds is 2. The van der Waals surface area contributed by atoms with Crippen LogP contribution in [0.15, 0.2) is 36.4 Å². The number of alkyl halides is 3. The average molecular weight is 494 g/mol. The van der Waals surface area contributed by atoms with Crippen molar-refractivity contribution in [1.82, 2.24) is 9.97 Å². The minimum Gasteiger partial charge on any atom is -0.325 e. The average Bonchev–Trinajstić information content (AvgIpc) is 3.02. The highest BCUT2D eigenvalue weighted by molar-refractivity contribution is 6.42. The van der Waals surface area contributed by atoms with Crippen molar-refractivity contribution < 1.29 is 18.0 Å². The van der Waals surface area contributed by atoms with Gasteiger partial charge in [-0.2, -0.15) is 13.2 Å². The minimum atomic E-state index is -4.50. The number of nitrogens with zero attached hydrogens (tertiary/aromatic N) is 2. The molecule has 4 nitrogen and oxygen atoms in total. The highest BCUT2D eigenvalue weighted by Crippen LogP contribution is 2.70. The van der Waals surface area contributed by atoms with Crippen LogP contribution >= 0.6 is 23.2 Å². The summed E-state index contributed by atoms with van der Waals surface area (Å²) >= 11 is 12.4. The van der Waals surface area contributed by atoms with Crippen molar-refractivity contribution in [1.29, 1.82) is 0 Å². The summed E-state index contributed by atoms with van der Waals surface area (Å²) in [7, 11) is 0. The molecule has 0 saturated heterocycles. The number of carbonyl (C=O) groups excluding carboxylic acids is 1. The molecule has 5 rings (SSSR count). The Labute approximate surface area is 198 Å². The zero-order chi connectivity index (χ0) is 24.0. The van der Waals surface area contributed by atoms with E-state index in [0.29, 0.717) is 39.6 Å². The Bertz CT molecular complexity index is 1340. The number of aromatic nitrogens is 2. The number of halogens is 5. The number of nitrogens with one attached hydrogen (secondary N) is 1. The number of hydrogen-bond acceptors (Lipinski definition) is 3. The van der Waals surface area contributed by atoms with Crippen LogP contribution < -0.4 is 5.32 Å². The molecule has 1 aromatic heterocycles. The molecule has 1 N–H and O–H groups in total. The van der Waals surface area contributed by atoms with Gasteiger partial charge >= 0.3 is 6.18 Å². The van der Waals surface area contributed by atoms with Gasteiger partial charge in [-0.15, -0.1) is 0 Å². The van der Waals surface area contributed by atoms with Crippen molar-refractivity contribution in [3.05, 3.63) is 63.4 Å². The van der Waals surface area contributed by atoms with Gasteiger partial charge in [0.1, 0.15) is 0 Å². The molecule has 3 aromatic rings. The molecule has 1 amide bonds. The van der Waals surface area contributed by atoms with E-state index >= 15 is 0 Å². The maximum absolute atomic E-state index is 13.8. The highest BCUT2D eigenvalue weighted by atomic mass is 35.5. The Morgan fingerprint density at radius 3 is 2.18 bits per heavy atom. The van der Waals surface area contributed by atoms with E-state index in [4.69, 9.17) is 33.2 Å². The zero-order valence-electron chi connectivity index (χ0n) is 18.1. The van der Waals surface area contributed by atoms with E-state index in [1.807, 2.05) is 13.8 Å². The number of amides is 1. The van der Waals surface area contributed by atoms with Gasteiger partial charge in [-0.1, -0.05) is 50.0 Å². The van der Waals surface area contributed by atoms with Gasteiger partial charge in [0.05, 0.1) is 43.4 Å².